The topological polar surface area (TPSA) is 21.3 Å². The van der Waals surface area contributed by atoms with Crippen LogP contribution in [-0.2, 0) is 4.74 Å². The Bertz CT molecular complexity index is 475. The zero-order valence-electron chi connectivity index (χ0n) is 11.1. The average molecular weight is 345 g/mol. The summed E-state index contributed by atoms with van der Waals surface area (Å²) in [5.74, 6) is 0. The Labute approximate surface area is 128 Å². The Hall–Kier alpha value is -0.250. The second kappa shape index (κ2) is 5.27. The van der Waals surface area contributed by atoms with Gasteiger partial charge in [0.15, 0.2) is 0 Å². The maximum atomic E-state index is 6.28. The first kappa shape index (κ1) is 13.7. The van der Waals surface area contributed by atoms with Gasteiger partial charge in [-0.05, 0) is 44.4 Å². The highest BCUT2D eigenvalue weighted by Crippen LogP contribution is 2.58. The molecule has 2 aliphatic rings. The molecule has 0 amide bonds. The van der Waals surface area contributed by atoms with Gasteiger partial charge in [-0.3, -0.25) is 0 Å². The monoisotopic (exact) mass is 343 g/mol. The lowest BCUT2D eigenvalue weighted by atomic mass is 9.51. The molecule has 2 nitrogen and oxygen atoms in total. The van der Waals surface area contributed by atoms with E-state index in [1.54, 1.807) is 0 Å². The van der Waals surface area contributed by atoms with Crippen LogP contribution in [-0.4, -0.2) is 18.8 Å². The Morgan fingerprint density at radius 2 is 2.26 bits per heavy atom. The van der Waals surface area contributed by atoms with Crippen molar-refractivity contribution >= 4 is 33.2 Å². The van der Waals surface area contributed by atoms with Gasteiger partial charge in [0.05, 0.1) is 16.8 Å². The lowest BCUT2D eigenvalue weighted by Crippen LogP contribution is -2.64. The molecule has 3 rings (SSSR count). The van der Waals surface area contributed by atoms with Crippen molar-refractivity contribution in [3.05, 3.63) is 27.7 Å². The fourth-order valence-electron chi connectivity index (χ4n) is 3.43. The molecule has 0 bridgehead atoms. The minimum atomic E-state index is 0.367. The number of halogens is 2. The van der Waals surface area contributed by atoms with E-state index in [9.17, 15) is 0 Å². The summed E-state index contributed by atoms with van der Waals surface area (Å²) in [4.78, 5) is 0. The van der Waals surface area contributed by atoms with Gasteiger partial charge in [0.25, 0.3) is 0 Å². The highest BCUT2D eigenvalue weighted by Gasteiger charge is 2.58. The van der Waals surface area contributed by atoms with E-state index >= 15 is 0 Å². The first-order chi connectivity index (χ1) is 9.15. The molecular weight excluding hydrogens is 326 g/mol. The van der Waals surface area contributed by atoms with Crippen LogP contribution >= 0.6 is 27.5 Å². The number of rotatable bonds is 4. The standard InChI is InChI=1S/C15H19BrClNO/c1-2-19-14-9-13(15(14)6-3-7-15)18-12-5-4-10(16)8-11(12)17/h4-5,8,13-14,18H,2-3,6-7,9H2,1H3. The molecule has 1 aromatic rings. The minimum Gasteiger partial charge on any atom is -0.380 e. The normalized spacial score (nSPS) is 27.7. The van der Waals surface area contributed by atoms with Gasteiger partial charge in [0.1, 0.15) is 0 Å². The van der Waals surface area contributed by atoms with Gasteiger partial charge in [-0.15, -0.1) is 0 Å². The second-order valence-corrected chi connectivity index (χ2v) is 6.91. The fourth-order valence-corrected chi connectivity index (χ4v) is 4.16. The molecule has 0 heterocycles. The maximum Gasteiger partial charge on any atom is 0.0670 e. The Kier molecular flexibility index (Phi) is 3.80. The molecule has 104 valence electrons. The summed E-state index contributed by atoms with van der Waals surface area (Å²) in [6.07, 6.45) is 5.43. The van der Waals surface area contributed by atoms with Gasteiger partial charge in [-0.25, -0.2) is 0 Å². The largest absolute Gasteiger partial charge is 0.380 e. The van der Waals surface area contributed by atoms with Crippen molar-refractivity contribution in [1.29, 1.82) is 0 Å². The van der Waals surface area contributed by atoms with Gasteiger partial charge in [0, 0.05) is 22.5 Å². The van der Waals surface area contributed by atoms with E-state index in [-0.39, 0.29) is 0 Å². The average Bonchev–Trinajstić information content (AvgIpc) is 2.28. The van der Waals surface area contributed by atoms with E-state index in [4.69, 9.17) is 16.3 Å². The van der Waals surface area contributed by atoms with Crippen LogP contribution in [0, 0.1) is 5.41 Å². The summed E-state index contributed by atoms with van der Waals surface area (Å²) >= 11 is 9.72. The molecule has 1 spiro atoms. The van der Waals surface area contributed by atoms with Crippen LogP contribution in [0.15, 0.2) is 22.7 Å². The smallest absolute Gasteiger partial charge is 0.0670 e. The zero-order chi connectivity index (χ0) is 13.5. The number of hydrogen-bond acceptors (Lipinski definition) is 2. The van der Waals surface area contributed by atoms with Crippen molar-refractivity contribution < 1.29 is 4.74 Å². The van der Waals surface area contributed by atoms with Crippen LogP contribution in [0.5, 0.6) is 0 Å². The molecule has 2 atom stereocenters. The van der Waals surface area contributed by atoms with E-state index < -0.39 is 0 Å². The molecule has 1 aromatic carbocycles. The van der Waals surface area contributed by atoms with Gasteiger partial charge < -0.3 is 10.1 Å². The van der Waals surface area contributed by atoms with Crippen molar-refractivity contribution in [1.82, 2.24) is 0 Å². The van der Waals surface area contributed by atoms with Crippen LogP contribution in [0.1, 0.15) is 32.6 Å². The Morgan fingerprint density at radius 1 is 1.47 bits per heavy atom. The fraction of sp³-hybridized carbons (Fsp3) is 0.600. The summed E-state index contributed by atoms with van der Waals surface area (Å²) in [5.41, 5.74) is 1.41. The molecule has 0 aliphatic heterocycles. The molecule has 2 aliphatic carbocycles. The summed E-state index contributed by atoms with van der Waals surface area (Å²) in [7, 11) is 0. The molecule has 2 saturated carbocycles. The number of nitrogens with one attached hydrogen (secondary N) is 1. The third-order valence-electron chi connectivity index (χ3n) is 4.70. The predicted octanol–water partition coefficient (Wildman–Crippen LogP) is 4.86. The Morgan fingerprint density at radius 3 is 2.84 bits per heavy atom. The van der Waals surface area contributed by atoms with Gasteiger partial charge in [-0.2, -0.15) is 0 Å². The maximum absolute atomic E-state index is 6.28. The molecular formula is C15H19BrClNO. The first-order valence-electron chi connectivity index (χ1n) is 6.99. The van der Waals surface area contributed by atoms with E-state index in [2.05, 4.69) is 28.2 Å². The zero-order valence-corrected chi connectivity index (χ0v) is 13.4. The molecule has 1 N–H and O–H groups in total. The van der Waals surface area contributed by atoms with Crippen LogP contribution in [0.25, 0.3) is 0 Å². The number of ether oxygens (including phenoxy) is 1. The van der Waals surface area contributed by atoms with Crippen molar-refractivity contribution in [3.63, 3.8) is 0 Å². The quantitative estimate of drug-likeness (QED) is 0.842. The molecule has 0 saturated heterocycles. The molecule has 0 aromatic heterocycles. The number of anilines is 1. The Balaban J connectivity index is 1.71. The van der Waals surface area contributed by atoms with E-state index in [0.29, 0.717) is 17.6 Å². The van der Waals surface area contributed by atoms with Crippen LogP contribution in [0.3, 0.4) is 0 Å². The predicted molar refractivity (Wildman–Crippen MR) is 82.9 cm³/mol. The lowest BCUT2D eigenvalue weighted by molar-refractivity contribution is -0.157. The van der Waals surface area contributed by atoms with E-state index in [1.807, 2.05) is 18.2 Å². The molecule has 4 heteroatoms. The molecule has 0 radical (unpaired) electrons. The van der Waals surface area contributed by atoms with Crippen LogP contribution < -0.4 is 5.32 Å². The van der Waals surface area contributed by atoms with E-state index in [0.717, 1.165) is 28.2 Å². The highest BCUT2D eigenvalue weighted by atomic mass is 79.9. The molecule has 2 fully saturated rings. The summed E-state index contributed by atoms with van der Waals surface area (Å²) < 4.78 is 6.89. The van der Waals surface area contributed by atoms with Crippen molar-refractivity contribution in [2.24, 2.45) is 5.41 Å². The number of benzene rings is 1. The second-order valence-electron chi connectivity index (χ2n) is 5.59. The number of hydrogen-bond donors (Lipinski definition) is 1. The molecule has 2 unspecified atom stereocenters. The van der Waals surface area contributed by atoms with E-state index in [1.165, 1.54) is 19.3 Å². The van der Waals surface area contributed by atoms with Crippen molar-refractivity contribution in [2.45, 2.75) is 44.8 Å². The minimum absolute atomic E-state index is 0.367. The summed E-state index contributed by atoms with van der Waals surface area (Å²) in [6.45, 7) is 2.90. The van der Waals surface area contributed by atoms with Gasteiger partial charge in [-0.1, -0.05) is 34.0 Å². The van der Waals surface area contributed by atoms with Crippen molar-refractivity contribution in [2.75, 3.05) is 11.9 Å². The van der Waals surface area contributed by atoms with Gasteiger partial charge in [0.2, 0.25) is 0 Å². The van der Waals surface area contributed by atoms with Crippen molar-refractivity contribution in [3.8, 4) is 0 Å². The summed E-state index contributed by atoms with van der Waals surface area (Å²) in [5, 5.41) is 4.40. The highest BCUT2D eigenvalue weighted by molar-refractivity contribution is 9.10. The first-order valence-corrected chi connectivity index (χ1v) is 8.16. The van der Waals surface area contributed by atoms with Gasteiger partial charge >= 0.3 is 0 Å². The third kappa shape index (κ3) is 2.30. The van der Waals surface area contributed by atoms with Crippen LogP contribution in [0.2, 0.25) is 5.02 Å². The van der Waals surface area contributed by atoms with Crippen LogP contribution in [0.4, 0.5) is 5.69 Å². The lowest BCUT2D eigenvalue weighted by Gasteiger charge is -2.61. The third-order valence-corrected chi connectivity index (χ3v) is 5.50. The summed E-state index contributed by atoms with van der Waals surface area (Å²) in [6, 6.07) is 6.53. The SMILES string of the molecule is CCOC1CC(Nc2ccc(Br)cc2Cl)C12CCC2. The molecule has 19 heavy (non-hydrogen) atoms.